The van der Waals surface area contributed by atoms with Crippen molar-refractivity contribution in [3.05, 3.63) is 63.6 Å². The van der Waals surface area contributed by atoms with E-state index >= 15 is 0 Å². The molecule has 1 heterocycles. The van der Waals surface area contributed by atoms with E-state index in [-0.39, 0.29) is 32.0 Å². The predicted octanol–water partition coefficient (Wildman–Crippen LogP) is 3.68. The number of hydrogen-bond donors (Lipinski definition) is 2. The summed E-state index contributed by atoms with van der Waals surface area (Å²) in [5.41, 5.74) is 0.259. The molecule has 3 rings (SSSR count). The molecule has 0 aliphatic rings. The Labute approximate surface area is 185 Å². The highest BCUT2D eigenvalue weighted by Gasteiger charge is 2.23. The van der Waals surface area contributed by atoms with E-state index in [2.05, 4.69) is 25.0 Å². The SMILES string of the molecule is COC(=O)c1cc(NS(=O)(=O)c2nnc(NC(=O)c3ccccc3Cl)s2)ccc1Cl. The van der Waals surface area contributed by atoms with Gasteiger partial charge in [-0.05, 0) is 30.3 Å². The van der Waals surface area contributed by atoms with Crippen molar-refractivity contribution in [2.45, 2.75) is 4.34 Å². The second-order valence-electron chi connectivity index (χ2n) is 5.60. The van der Waals surface area contributed by atoms with E-state index in [9.17, 15) is 18.0 Å². The summed E-state index contributed by atoms with van der Waals surface area (Å²) < 4.78 is 31.6. The highest BCUT2D eigenvalue weighted by atomic mass is 35.5. The van der Waals surface area contributed by atoms with Crippen LogP contribution in [0.3, 0.4) is 0 Å². The lowest BCUT2D eigenvalue weighted by atomic mass is 10.2. The van der Waals surface area contributed by atoms with Crippen molar-refractivity contribution in [2.24, 2.45) is 0 Å². The monoisotopic (exact) mass is 486 g/mol. The topological polar surface area (TPSA) is 127 Å². The van der Waals surface area contributed by atoms with Gasteiger partial charge in [-0.25, -0.2) is 4.79 Å². The molecular formula is C17H12Cl2N4O5S2. The Kier molecular flexibility index (Phi) is 6.56. The number of rotatable bonds is 6. The fourth-order valence-electron chi connectivity index (χ4n) is 2.23. The summed E-state index contributed by atoms with van der Waals surface area (Å²) in [5.74, 6) is -1.28. The molecule has 0 bridgehead atoms. The third-order valence-corrected chi connectivity index (χ3v) is 6.85. The minimum Gasteiger partial charge on any atom is -0.465 e. The van der Waals surface area contributed by atoms with Crippen molar-refractivity contribution in [1.29, 1.82) is 0 Å². The van der Waals surface area contributed by atoms with Crippen LogP contribution < -0.4 is 10.0 Å². The molecule has 2 N–H and O–H groups in total. The molecule has 156 valence electrons. The Morgan fingerprint density at radius 2 is 1.73 bits per heavy atom. The van der Waals surface area contributed by atoms with Crippen molar-refractivity contribution >= 4 is 67.3 Å². The summed E-state index contributed by atoms with van der Waals surface area (Å²) in [6.07, 6.45) is 0. The van der Waals surface area contributed by atoms with E-state index in [0.29, 0.717) is 11.3 Å². The zero-order chi connectivity index (χ0) is 21.9. The Hall–Kier alpha value is -2.73. The fourth-order valence-corrected chi connectivity index (χ4v) is 4.59. The number of amides is 1. The third kappa shape index (κ3) is 4.87. The van der Waals surface area contributed by atoms with Crippen LogP contribution in [0.15, 0.2) is 46.8 Å². The molecule has 0 saturated carbocycles. The van der Waals surface area contributed by atoms with E-state index in [0.717, 1.165) is 0 Å². The van der Waals surface area contributed by atoms with Crippen molar-refractivity contribution in [2.75, 3.05) is 17.1 Å². The molecule has 30 heavy (non-hydrogen) atoms. The van der Waals surface area contributed by atoms with Crippen LogP contribution in [0.2, 0.25) is 10.0 Å². The average molecular weight is 487 g/mol. The van der Waals surface area contributed by atoms with Crippen LogP contribution >= 0.6 is 34.5 Å². The van der Waals surface area contributed by atoms with Gasteiger partial charge in [0.1, 0.15) is 0 Å². The van der Waals surface area contributed by atoms with Crippen LogP contribution in [0.1, 0.15) is 20.7 Å². The number of benzene rings is 2. The summed E-state index contributed by atoms with van der Waals surface area (Å²) >= 11 is 12.5. The second kappa shape index (κ2) is 8.96. The van der Waals surface area contributed by atoms with Gasteiger partial charge in [-0.1, -0.05) is 46.7 Å². The molecule has 9 nitrogen and oxygen atoms in total. The van der Waals surface area contributed by atoms with Crippen LogP contribution in [0.4, 0.5) is 10.8 Å². The number of hydrogen-bond acceptors (Lipinski definition) is 8. The first kappa shape index (κ1) is 22.0. The van der Waals surface area contributed by atoms with Crippen LogP contribution in [0.5, 0.6) is 0 Å². The normalized spacial score (nSPS) is 11.0. The lowest BCUT2D eigenvalue weighted by Crippen LogP contribution is -2.13. The maximum absolute atomic E-state index is 12.6. The highest BCUT2D eigenvalue weighted by molar-refractivity contribution is 7.94. The van der Waals surface area contributed by atoms with Gasteiger partial charge >= 0.3 is 5.97 Å². The zero-order valence-electron chi connectivity index (χ0n) is 15.0. The summed E-state index contributed by atoms with van der Waals surface area (Å²) in [6.45, 7) is 0. The highest BCUT2D eigenvalue weighted by Crippen LogP contribution is 2.26. The van der Waals surface area contributed by atoms with Gasteiger partial charge in [0.2, 0.25) is 5.13 Å². The van der Waals surface area contributed by atoms with Crippen LogP contribution in [0.25, 0.3) is 0 Å². The van der Waals surface area contributed by atoms with Crippen molar-refractivity contribution in [1.82, 2.24) is 10.2 Å². The molecule has 1 aromatic heterocycles. The van der Waals surface area contributed by atoms with Crippen molar-refractivity contribution in [3.63, 3.8) is 0 Å². The quantitative estimate of drug-likeness (QED) is 0.401. The van der Waals surface area contributed by atoms with Gasteiger partial charge in [0.15, 0.2) is 0 Å². The van der Waals surface area contributed by atoms with E-state index in [1.165, 1.54) is 31.4 Å². The predicted molar refractivity (Wildman–Crippen MR) is 113 cm³/mol. The number of halogens is 2. The minimum absolute atomic E-state index is 0.00989. The maximum atomic E-state index is 12.6. The lowest BCUT2D eigenvalue weighted by molar-refractivity contribution is 0.0601. The van der Waals surface area contributed by atoms with Gasteiger partial charge in [-0.2, -0.15) is 8.42 Å². The summed E-state index contributed by atoms with van der Waals surface area (Å²) in [6, 6.07) is 10.3. The molecular weight excluding hydrogens is 475 g/mol. The van der Waals surface area contributed by atoms with Crippen LogP contribution in [-0.4, -0.2) is 37.6 Å². The summed E-state index contributed by atoms with van der Waals surface area (Å²) in [7, 11) is -2.96. The molecule has 0 atom stereocenters. The van der Waals surface area contributed by atoms with Gasteiger partial charge in [0.05, 0.1) is 28.3 Å². The van der Waals surface area contributed by atoms with E-state index in [1.54, 1.807) is 18.2 Å². The van der Waals surface area contributed by atoms with Crippen molar-refractivity contribution in [3.8, 4) is 0 Å². The molecule has 0 spiro atoms. The Morgan fingerprint density at radius 3 is 2.43 bits per heavy atom. The first-order valence-corrected chi connectivity index (χ1v) is 11.1. The number of carbonyl (C=O) groups is 2. The van der Waals surface area contributed by atoms with Gasteiger partial charge in [0, 0.05) is 5.69 Å². The molecule has 0 aliphatic carbocycles. The maximum Gasteiger partial charge on any atom is 0.339 e. The fraction of sp³-hybridized carbons (Fsp3) is 0.0588. The first-order valence-electron chi connectivity index (χ1n) is 8.01. The molecule has 0 aliphatic heterocycles. The van der Waals surface area contributed by atoms with Gasteiger partial charge < -0.3 is 4.74 Å². The molecule has 0 unspecified atom stereocenters. The first-order chi connectivity index (χ1) is 14.2. The summed E-state index contributed by atoms with van der Waals surface area (Å²) in [4.78, 5) is 24.0. The van der Waals surface area contributed by atoms with Crippen LogP contribution in [0, 0.1) is 0 Å². The number of nitrogens with one attached hydrogen (secondary N) is 2. The Morgan fingerprint density at radius 1 is 1.03 bits per heavy atom. The number of aromatic nitrogens is 2. The zero-order valence-corrected chi connectivity index (χ0v) is 18.2. The second-order valence-corrected chi connectivity index (χ2v) is 9.25. The van der Waals surface area contributed by atoms with E-state index < -0.39 is 26.2 Å². The Balaban J connectivity index is 1.78. The van der Waals surface area contributed by atoms with Gasteiger partial charge in [-0.3, -0.25) is 14.8 Å². The van der Waals surface area contributed by atoms with E-state index in [1.807, 2.05) is 0 Å². The number of sulfonamides is 1. The number of ether oxygens (including phenoxy) is 1. The molecule has 0 fully saturated rings. The van der Waals surface area contributed by atoms with Crippen molar-refractivity contribution < 1.29 is 22.7 Å². The largest absolute Gasteiger partial charge is 0.465 e. The summed E-state index contributed by atoms with van der Waals surface area (Å²) in [5, 5.41) is 10.0. The number of anilines is 2. The number of methoxy groups -OCH3 is 1. The van der Waals surface area contributed by atoms with Crippen LogP contribution in [-0.2, 0) is 14.8 Å². The molecule has 1 amide bonds. The minimum atomic E-state index is -4.14. The smallest absolute Gasteiger partial charge is 0.339 e. The van der Waals surface area contributed by atoms with Gasteiger partial charge in [-0.15, -0.1) is 10.2 Å². The van der Waals surface area contributed by atoms with E-state index in [4.69, 9.17) is 23.2 Å². The molecule has 3 aromatic rings. The number of nitrogens with zero attached hydrogens (tertiary/aromatic N) is 2. The number of carbonyl (C=O) groups excluding carboxylic acids is 2. The number of esters is 1. The third-order valence-electron chi connectivity index (χ3n) is 3.60. The van der Waals surface area contributed by atoms with Gasteiger partial charge in [0.25, 0.3) is 20.3 Å². The molecule has 2 aromatic carbocycles. The standard InChI is InChI=1S/C17H12Cl2N4O5S2/c1-28-15(25)11-8-9(6-7-13(11)19)23-30(26,27)17-22-21-16(29-17)20-14(24)10-4-2-3-5-12(10)18/h2-8,23H,1H3,(H,20,21,24). The average Bonchev–Trinajstić information content (AvgIpc) is 3.18. The molecule has 0 radical (unpaired) electrons. The Bertz CT molecular complexity index is 1230. The molecule has 13 heteroatoms. The molecule has 0 saturated heterocycles. The lowest BCUT2D eigenvalue weighted by Gasteiger charge is -2.08.